The molecular weight excluding hydrogens is 468 g/mol. The molecule has 0 saturated heterocycles. The zero-order valence-corrected chi connectivity index (χ0v) is 20.2. The highest BCUT2D eigenvalue weighted by Crippen LogP contribution is 2.36. The van der Waals surface area contributed by atoms with E-state index in [-0.39, 0.29) is 28.4 Å². The van der Waals surface area contributed by atoms with E-state index < -0.39 is 27.9 Å². The number of hydrogen-bond donors (Lipinski definition) is 1. The van der Waals surface area contributed by atoms with Crippen molar-refractivity contribution < 1.29 is 41.7 Å². The van der Waals surface area contributed by atoms with E-state index >= 15 is 0 Å². The van der Waals surface area contributed by atoms with E-state index in [1.165, 1.54) is 52.5 Å². The fourth-order valence-corrected chi connectivity index (χ4v) is 4.64. The lowest BCUT2D eigenvalue weighted by Crippen LogP contribution is -2.45. The largest absolute Gasteiger partial charge is 0.493 e. The Hall–Kier alpha value is -3.67. The zero-order valence-electron chi connectivity index (χ0n) is 19.4. The Kier molecular flexibility index (Phi) is 7.40. The average Bonchev–Trinajstić information content (AvgIpc) is 2.82. The molecule has 1 aliphatic rings. The van der Waals surface area contributed by atoms with Gasteiger partial charge in [0.25, 0.3) is 0 Å². The number of sulfonamides is 1. The van der Waals surface area contributed by atoms with Crippen molar-refractivity contribution in [3.05, 3.63) is 35.9 Å². The second kappa shape index (κ2) is 10.1. The molecule has 0 spiro atoms. The summed E-state index contributed by atoms with van der Waals surface area (Å²) in [6.07, 6.45) is 0.990. The number of benzene rings is 2. The molecule has 0 saturated carbocycles. The van der Waals surface area contributed by atoms with Crippen molar-refractivity contribution in [2.75, 3.05) is 50.4 Å². The molecule has 0 aromatic heterocycles. The van der Waals surface area contributed by atoms with Gasteiger partial charge >= 0.3 is 5.97 Å². The van der Waals surface area contributed by atoms with Crippen LogP contribution < -0.4 is 28.6 Å². The molecule has 1 atom stereocenters. The monoisotopic (exact) mass is 494 g/mol. The number of carbonyl (C=O) groups excluding carboxylic acids is 2. The van der Waals surface area contributed by atoms with Gasteiger partial charge in [-0.3, -0.25) is 9.10 Å². The van der Waals surface area contributed by atoms with E-state index in [9.17, 15) is 18.0 Å². The third-order valence-corrected chi connectivity index (χ3v) is 6.30. The molecule has 1 N–H and O–H groups in total. The van der Waals surface area contributed by atoms with E-state index in [0.29, 0.717) is 24.7 Å². The molecule has 2 aromatic carbocycles. The van der Waals surface area contributed by atoms with Crippen molar-refractivity contribution in [1.82, 2.24) is 0 Å². The van der Waals surface area contributed by atoms with E-state index in [1.54, 1.807) is 6.07 Å². The predicted molar refractivity (Wildman–Crippen MR) is 124 cm³/mol. The molecule has 12 heteroatoms. The Morgan fingerprint density at radius 2 is 1.62 bits per heavy atom. The van der Waals surface area contributed by atoms with Gasteiger partial charge in [-0.05, 0) is 19.1 Å². The van der Waals surface area contributed by atoms with Crippen molar-refractivity contribution in [3.63, 3.8) is 0 Å². The zero-order chi connectivity index (χ0) is 25.0. The standard InChI is InChI=1S/C22H26N2O9S/c1-13(24(34(5,27)28)14-6-7-17-20(10-14)33-9-8-32-17)21(25)23-16-12-19(30-3)18(29-2)11-15(16)22(26)31-4/h6-7,10-13H,8-9H2,1-5H3,(H,23,25)/t13-/m1/s1. The molecule has 3 rings (SSSR count). The first kappa shape index (κ1) is 25.0. The second-order valence-corrected chi connectivity index (χ2v) is 9.16. The minimum absolute atomic E-state index is 0.00550. The maximum Gasteiger partial charge on any atom is 0.340 e. The summed E-state index contributed by atoms with van der Waals surface area (Å²) in [4.78, 5) is 25.5. The number of fused-ring (bicyclic) bond motifs is 1. The molecule has 11 nitrogen and oxygen atoms in total. The van der Waals surface area contributed by atoms with Gasteiger partial charge in [-0.15, -0.1) is 0 Å². The van der Waals surface area contributed by atoms with Crippen LogP contribution in [0.1, 0.15) is 17.3 Å². The third kappa shape index (κ3) is 5.11. The van der Waals surface area contributed by atoms with Gasteiger partial charge in [-0.25, -0.2) is 13.2 Å². The van der Waals surface area contributed by atoms with Crippen molar-refractivity contribution in [3.8, 4) is 23.0 Å². The van der Waals surface area contributed by atoms with Crippen LogP contribution in [0, 0.1) is 0 Å². The number of rotatable bonds is 8. The van der Waals surface area contributed by atoms with E-state index in [2.05, 4.69) is 5.32 Å². The Bertz CT molecular complexity index is 1200. The summed E-state index contributed by atoms with van der Waals surface area (Å²) in [5.41, 5.74) is 0.290. The normalized spacial score (nSPS) is 13.4. The van der Waals surface area contributed by atoms with Crippen LogP contribution in [0.25, 0.3) is 0 Å². The molecule has 1 heterocycles. The van der Waals surface area contributed by atoms with Gasteiger partial charge in [0.1, 0.15) is 19.3 Å². The molecule has 0 fully saturated rings. The second-order valence-electron chi connectivity index (χ2n) is 7.30. The van der Waals surface area contributed by atoms with Gasteiger partial charge in [0.05, 0.1) is 44.5 Å². The first-order chi connectivity index (χ1) is 16.1. The summed E-state index contributed by atoms with van der Waals surface area (Å²) in [5, 5.41) is 2.60. The fraction of sp³-hybridized carbons (Fsp3) is 0.364. The van der Waals surface area contributed by atoms with Crippen molar-refractivity contribution >= 4 is 33.3 Å². The number of carbonyl (C=O) groups is 2. The Labute approximate surface area is 197 Å². The van der Waals surface area contributed by atoms with Gasteiger partial charge < -0.3 is 29.0 Å². The van der Waals surface area contributed by atoms with Crippen LogP contribution in [0.15, 0.2) is 30.3 Å². The summed E-state index contributed by atoms with van der Waals surface area (Å²) < 4.78 is 52.6. The van der Waals surface area contributed by atoms with Crippen LogP contribution in [0.5, 0.6) is 23.0 Å². The minimum Gasteiger partial charge on any atom is -0.493 e. The van der Waals surface area contributed by atoms with Gasteiger partial charge in [0, 0.05) is 18.2 Å². The molecule has 184 valence electrons. The molecule has 0 aliphatic carbocycles. The number of amides is 1. The molecule has 1 aliphatic heterocycles. The van der Waals surface area contributed by atoms with Crippen molar-refractivity contribution in [1.29, 1.82) is 0 Å². The Morgan fingerprint density at radius 3 is 2.21 bits per heavy atom. The smallest absolute Gasteiger partial charge is 0.340 e. The van der Waals surface area contributed by atoms with Gasteiger partial charge in [0.2, 0.25) is 15.9 Å². The molecule has 2 aromatic rings. The third-order valence-electron chi connectivity index (χ3n) is 5.06. The number of nitrogens with zero attached hydrogens (tertiary/aromatic N) is 1. The SMILES string of the molecule is COC(=O)c1cc(OC)c(OC)cc1NC(=O)[C@@H](C)N(c1ccc2c(c1)OCCO2)S(C)(=O)=O. The predicted octanol–water partition coefficient (Wildman–Crippen LogP) is 2.05. The van der Waals surface area contributed by atoms with Gasteiger partial charge in [-0.2, -0.15) is 0 Å². The lowest BCUT2D eigenvalue weighted by Gasteiger charge is -2.29. The van der Waals surface area contributed by atoms with E-state index in [0.717, 1.165) is 10.6 Å². The highest BCUT2D eigenvalue weighted by atomic mass is 32.2. The molecule has 34 heavy (non-hydrogen) atoms. The van der Waals surface area contributed by atoms with Crippen molar-refractivity contribution in [2.45, 2.75) is 13.0 Å². The van der Waals surface area contributed by atoms with Crippen LogP contribution >= 0.6 is 0 Å². The van der Waals surface area contributed by atoms with Gasteiger partial charge in [-0.1, -0.05) is 0 Å². The maximum atomic E-state index is 13.2. The summed E-state index contributed by atoms with van der Waals surface area (Å²) in [5.74, 6) is -0.0622. The van der Waals surface area contributed by atoms with Crippen LogP contribution in [0.4, 0.5) is 11.4 Å². The van der Waals surface area contributed by atoms with Crippen LogP contribution in [0.2, 0.25) is 0 Å². The molecular formula is C22H26N2O9S. The number of anilines is 2. The fourth-order valence-electron chi connectivity index (χ4n) is 3.48. The summed E-state index contributed by atoms with van der Waals surface area (Å²) in [6, 6.07) is 6.15. The Balaban J connectivity index is 1.97. The van der Waals surface area contributed by atoms with Crippen LogP contribution in [0.3, 0.4) is 0 Å². The first-order valence-corrected chi connectivity index (χ1v) is 12.0. The first-order valence-electron chi connectivity index (χ1n) is 10.1. The Morgan fingerprint density at radius 1 is 1.00 bits per heavy atom. The number of methoxy groups -OCH3 is 3. The van der Waals surface area contributed by atoms with Crippen LogP contribution in [-0.4, -0.2) is 67.1 Å². The summed E-state index contributed by atoms with van der Waals surface area (Å²) in [7, 11) is 0.0985. The summed E-state index contributed by atoms with van der Waals surface area (Å²) in [6.45, 7) is 2.13. The van der Waals surface area contributed by atoms with Crippen molar-refractivity contribution in [2.24, 2.45) is 0 Å². The number of nitrogens with one attached hydrogen (secondary N) is 1. The maximum absolute atomic E-state index is 13.2. The number of hydrogen-bond acceptors (Lipinski definition) is 9. The molecule has 0 bridgehead atoms. The van der Waals surface area contributed by atoms with Gasteiger partial charge in [0.15, 0.2) is 23.0 Å². The molecule has 0 unspecified atom stereocenters. The lowest BCUT2D eigenvalue weighted by atomic mass is 10.1. The molecule has 1 amide bonds. The number of ether oxygens (including phenoxy) is 5. The highest BCUT2D eigenvalue weighted by molar-refractivity contribution is 7.92. The highest BCUT2D eigenvalue weighted by Gasteiger charge is 2.31. The van der Waals surface area contributed by atoms with E-state index in [1.807, 2.05) is 0 Å². The number of esters is 1. The van der Waals surface area contributed by atoms with E-state index in [4.69, 9.17) is 23.7 Å². The molecule has 0 radical (unpaired) electrons. The average molecular weight is 495 g/mol. The quantitative estimate of drug-likeness (QED) is 0.548. The lowest BCUT2D eigenvalue weighted by molar-refractivity contribution is -0.116. The summed E-state index contributed by atoms with van der Waals surface area (Å²) >= 11 is 0. The minimum atomic E-state index is -3.90. The van der Waals surface area contributed by atoms with Crippen LogP contribution in [-0.2, 0) is 19.6 Å². The topological polar surface area (TPSA) is 130 Å².